The Labute approximate surface area is 223 Å². The quantitative estimate of drug-likeness (QED) is 0.418. The van der Waals surface area contributed by atoms with Crippen LogP contribution in [0.2, 0.25) is 0 Å². The number of likely N-dealkylation sites (N-methyl/N-ethyl adjacent to an activating group) is 2. The van der Waals surface area contributed by atoms with Crippen LogP contribution in [0.25, 0.3) is 0 Å². The third kappa shape index (κ3) is 6.97. The minimum atomic E-state index is 0.274. The van der Waals surface area contributed by atoms with Crippen molar-refractivity contribution in [2.75, 3.05) is 33.9 Å². The Morgan fingerprint density at radius 1 is 1.08 bits per heavy atom. The molecule has 0 radical (unpaired) electrons. The van der Waals surface area contributed by atoms with Crippen LogP contribution in [0.15, 0.2) is 66.5 Å². The Hall–Kier alpha value is -2.76. The van der Waals surface area contributed by atoms with Crippen molar-refractivity contribution in [2.24, 2.45) is 11.8 Å². The van der Waals surface area contributed by atoms with E-state index in [0.29, 0.717) is 30.2 Å². The number of fused-ring (bicyclic) bond motifs is 1. The molecule has 0 saturated carbocycles. The average molecular weight is 505 g/mol. The number of phenolic OH excluding ortho intramolecular Hbond substituents is 1. The van der Waals surface area contributed by atoms with Crippen LogP contribution in [0.3, 0.4) is 0 Å². The van der Waals surface area contributed by atoms with Gasteiger partial charge >= 0.3 is 0 Å². The lowest BCUT2D eigenvalue weighted by Crippen LogP contribution is -2.43. The molecule has 2 aliphatic carbocycles. The van der Waals surface area contributed by atoms with Gasteiger partial charge in [-0.05, 0) is 112 Å². The Morgan fingerprint density at radius 3 is 2.57 bits per heavy atom. The number of rotatable bonds is 11. The molecule has 0 amide bonds. The number of ether oxygens (including phenoxy) is 2. The maximum Gasteiger partial charge on any atom is 0.119 e. The van der Waals surface area contributed by atoms with Crippen LogP contribution < -0.4 is 4.74 Å². The minimum Gasteiger partial charge on any atom is -0.508 e. The SMILES string of the molecule is CCN(Cc1ccc(OCCN(C)C(C)C)cc1)C1C=C(OC)C=CC1[C@@H]1CCc2cc(O)ccc2C1. The van der Waals surface area contributed by atoms with Crippen LogP contribution in [0.4, 0.5) is 0 Å². The monoisotopic (exact) mass is 504 g/mol. The maximum absolute atomic E-state index is 9.90. The first kappa shape index (κ1) is 27.3. The zero-order valence-electron chi connectivity index (χ0n) is 23.2. The highest BCUT2D eigenvalue weighted by Gasteiger charge is 2.34. The van der Waals surface area contributed by atoms with E-state index in [2.05, 4.69) is 86.2 Å². The van der Waals surface area contributed by atoms with E-state index in [1.165, 1.54) is 16.7 Å². The molecule has 0 spiro atoms. The lowest BCUT2D eigenvalue weighted by Gasteiger charge is -2.41. The van der Waals surface area contributed by atoms with Gasteiger partial charge in [0.25, 0.3) is 0 Å². The molecule has 0 saturated heterocycles. The van der Waals surface area contributed by atoms with E-state index in [0.717, 1.165) is 50.4 Å². The molecule has 0 bridgehead atoms. The number of phenols is 1. The highest BCUT2D eigenvalue weighted by Crippen LogP contribution is 2.38. The van der Waals surface area contributed by atoms with E-state index < -0.39 is 0 Å². The molecule has 4 rings (SSSR count). The van der Waals surface area contributed by atoms with Gasteiger partial charge in [-0.1, -0.05) is 31.2 Å². The molecule has 5 nitrogen and oxygen atoms in total. The summed E-state index contributed by atoms with van der Waals surface area (Å²) in [6.45, 7) is 10.1. The van der Waals surface area contributed by atoms with Crippen LogP contribution in [0, 0.1) is 11.8 Å². The predicted molar refractivity (Wildman–Crippen MR) is 151 cm³/mol. The molecule has 37 heavy (non-hydrogen) atoms. The van der Waals surface area contributed by atoms with Gasteiger partial charge in [-0.3, -0.25) is 4.90 Å². The number of aryl methyl sites for hydroxylation is 1. The number of nitrogens with zero attached hydrogens (tertiary/aromatic N) is 2. The molecule has 200 valence electrons. The Bertz CT molecular complexity index is 1080. The highest BCUT2D eigenvalue weighted by atomic mass is 16.5. The van der Waals surface area contributed by atoms with Crippen molar-refractivity contribution in [1.29, 1.82) is 0 Å². The van der Waals surface area contributed by atoms with Gasteiger partial charge in [0.1, 0.15) is 23.9 Å². The zero-order valence-corrected chi connectivity index (χ0v) is 23.2. The van der Waals surface area contributed by atoms with E-state index >= 15 is 0 Å². The summed E-state index contributed by atoms with van der Waals surface area (Å²) in [6.07, 6.45) is 10.0. The summed E-state index contributed by atoms with van der Waals surface area (Å²) in [5, 5.41) is 9.90. The summed E-state index contributed by atoms with van der Waals surface area (Å²) >= 11 is 0. The van der Waals surface area contributed by atoms with Crippen molar-refractivity contribution in [3.8, 4) is 11.5 Å². The van der Waals surface area contributed by atoms with Gasteiger partial charge in [-0.15, -0.1) is 0 Å². The van der Waals surface area contributed by atoms with Gasteiger partial charge in [0.15, 0.2) is 0 Å². The predicted octanol–water partition coefficient (Wildman–Crippen LogP) is 5.82. The normalized spacial score (nSPS) is 21.3. The first-order valence-corrected chi connectivity index (χ1v) is 13.8. The lowest BCUT2D eigenvalue weighted by atomic mass is 9.72. The van der Waals surface area contributed by atoms with Crippen LogP contribution in [-0.4, -0.2) is 60.8 Å². The smallest absolute Gasteiger partial charge is 0.119 e. The molecule has 5 heteroatoms. The second-order valence-corrected chi connectivity index (χ2v) is 10.8. The van der Waals surface area contributed by atoms with Crippen molar-refractivity contribution < 1.29 is 14.6 Å². The number of allylic oxidation sites excluding steroid dienone is 1. The Morgan fingerprint density at radius 2 is 1.86 bits per heavy atom. The molecule has 2 unspecified atom stereocenters. The molecular weight excluding hydrogens is 460 g/mol. The Kier molecular flexibility index (Phi) is 9.33. The molecule has 3 atom stereocenters. The largest absolute Gasteiger partial charge is 0.508 e. The van der Waals surface area contributed by atoms with Crippen molar-refractivity contribution >= 4 is 0 Å². The molecule has 2 aliphatic rings. The van der Waals surface area contributed by atoms with Gasteiger partial charge in [0.05, 0.1) is 7.11 Å². The third-order valence-electron chi connectivity index (χ3n) is 8.18. The number of benzene rings is 2. The van der Waals surface area contributed by atoms with E-state index in [4.69, 9.17) is 9.47 Å². The van der Waals surface area contributed by atoms with Crippen molar-refractivity contribution in [3.63, 3.8) is 0 Å². The number of aromatic hydroxyl groups is 1. The molecule has 0 fully saturated rings. The average Bonchev–Trinajstić information content (AvgIpc) is 2.91. The molecule has 0 aliphatic heterocycles. The number of hydrogen-bond donors (Lipinski definition) is 1. The van der Waals surface area contributed by atoms with Gasteiger partial charge < -0.3 is 19.5 Å². The first-order chi connectivity index (χ1) is 17.9. The molecular formula is C32H44N2O3. The summed E-state index contributed by atoms with van der Waals surface area (Å²) in [5.74, 6) is 3.21. The fraction of sp³-hybridized carbons (Fsp3) is 0.500. The topological polar surface area (TPSA) is 45.2 Å². The lowest BCUT2D eigenvalue weighted by molar-refractivity contribution is 0.147. The second-order valence-electron chi connectivity index (χ2n) is 10.8. The van der Waals surface area contributed by atoms with Crippen molar-refractivity contribution in [3.05, 3.63) is 83.1 Å². The van der Waals surface area contributed by atoms with E-state index in [1.54, 1.807) is 7.11 Å². The molecule has 2 aromatic carbocycles. The molecule has 0 aromatic heterocycles. The van der Waals surface area contributed by atoms with Gasteiger partial charge in [0.2, 0.25) is 0 Å². The standard InChI is InChI=1S/C32H44N2O3/c1-6-34(22-24-7-13-29(14-8-24)37-18-17-33(4)23(2)3)32-21-30(36-5)15-16-31(32)27-10-9-26-20-28(35)12-11-25(26)19-27/h7-8,11-16,20-21,23,27,31-32,35H,6,9-10,17-19,22H2,1-5H3/t27-,31?,32?/m1/s1. The molecule has 1 N–H and O–H groups in total. The highest BCUT2D eigenvalue weighted by molar-refractivity contribution is 5.37. The first-order valence-electron chi connectivity index (χ1n) is 13.8. The summed E-state index contributed by atoms with van der Waals surface area (Å²) in [5.41, 5.74) is 3.96. The van der Waals surface area contributed by atoms with Gasteiger partial charge in [-0.2, -0.15) is 0 Å². The summed E-state index contributed by atoms with van der Waals surface area (Å²) in [4.78, 5) is 4.85. The molecule has 2 aromatic rings. The number of hydrogen-bond acceptors (Lipinski definition) is 5. The molecule has 0 heterocycles. The number of methoxy groups -OCH3 is 1. The van der Waals surface area contributed by atoms with Crippen molar-refractivity contribution in [1.82, 2.24) is 9.80 Å². The van der Waals surface area contributed by atoms with Crippen molar-refractivity contribution in [2.45, 2.75) is 58.7 Å². The fourth-order valence-electron chi connectivity index (χ4n) is 5.59. The van der Waals surface area contributed by atoms with E-state index in [-0.39, 0.29) is 6.04 Å². The summed E-state index contributed by atoms with van der Waals surface area (Å²) < 4.78 is 11.6. The van der Waals surface area contributed by atoms with E-state index in [1.807, 2.05) is 12.1 Å². The minimum absolute atomic E-state index is 0.274. The van der Waals surface area contributed by atoms with Crippen LogP contribution in [-0.2, 0) is 24.1 Å². The van der Waals surface area contributed by atoms with E-state index in [9.17, 15) is 5.11 Å². The van der Waals surface area contributed by atoms with Crippen LogP contribution in [0.1, 0.15) is 43.9 Å². The maximum atomic E-state index is 9.90. The fourth-order valence-corrected chi connectivity index (χ4v) is 5.59. The zero-order chi connectivity index (χ0) is 26.4. The van der Waals surface area contributed by atoms with Crippen LogP contribution in [0.5, 0.6) is 11.5 Å². The summed E-state index contributed by atoms with van der Waals surface area (Å²) in [6, 6.07) is 15.3. The summed E-state index contributed by atoms with van der Waals surface area (Å²) in [7, 11) is 3.88. The third-order valence-corrected chi connectivity index (χ3v) is 8.18. The second kappa shape index (κ2) is 12.7. The van der Waals surface area contributed by atoms with Gasteiger partial charge in [-0.25, -0.2) is 0 Å². The van der Waals surface area contributed by atoms with Crippen LogP contribution >= 0.6 is 0 Å². The van der Waals surface area contributed by atoms with Gasteiger partial charge in [0, 0.05) is 25.2 Å². The Balaban J connectivity index is 1.44.